The first-order valence-corrected chi connectivity index (χ1v) is 11.4. The molecule has 2 N–H and O–H groups in total. The first kappa shape index (κ1) is 20.4. The zero-order valence-electron chi connectivity index (χ0n) is 18.1. The van der Waals surface area contributed by atoms with Gasteiger partial charge >= 0.3 is 0 Å². The van der Waals surface area contributed by atoms with Crippen LogP contribution in [0.15, 0.2) is 30.7 Å². The summed E-state index contributed by atoms with van der Waals surface area (Å²) >= 11 is 0. The van der Waals surface area contributed by atoms with E-state index >= 15 is 0 Å². The number of nitrogens with two attached hydrogens (primary N) is 1. The molecule has 0 aromatic carbocycles. The lowest BCUT2D eigenvalue weighted by molar-refractivity contribution is -0.138. The first-order valence-electron chi connectivity index (χ1n) is 11.4. The van der Waals surface area contributed by atoms with Crippen LogP contribution >= 0.6 is 0 Å². The normalized spacial score (nSPS) is 19.4. The van der Waals surface area contributed by atoms with E-state index in [0.717, 1.165) is 67.8 Å². The molecule has 2 aromatic heterocycles. The van der Waals surface area contributed by atoms with Crippen molar-refractivity contribution >= 4 is 11.7 Å². The summed E-state index contributed by atoms with van der Waals surface area (Å²) in [4.78, 5) is 25.6. The number of nitrogens with zero attached hydrogens (tertiary/aromatic N) is 4. The van der Waals surface area contributed by atoms with Crippen molar-refractivity contribution in [2.24, 2.45) is 11.1 Å². The van der Waals surface area contributed by atoms with Gasteiger partial charge in [-0.2, -0.15) is 0 Å². The predicted molar refractivity (Wildman–Crippen MR) is 119 cm³/mol. The molecule has 1 saturated carbocycles. The van der Waals surface area contributed by atoms with E-state index in [1.54, 1.807) is 6.20 Å². The van der Waals surface area contributed by atoms with Gasteiger partial charge < -0.3 is 20.3 Å². The van der Waals surface area contributed by atoms with Gasteiger partial charge in [0.2, 0.25) is 5.91 Å². The molecular weight excluding hydrogens is 390 g/mol. The molecule has 2 aromatic rings. The number of pyridine rings is 2. The Hall–Kier alpha value is -2.51. The van der Waals surface area contributed by atoms with Gasteiger partial charge in [0.25, 0.3) is 0 Å². The second-order valence-electron chi connectivity index (χ2n) is 9.21. The van der Waals surface area contributed by atoms with Crippen LogP contribution in [-0.2, 0) is 22.6 Å². The van der Waals surface area contributed by atoms with Crippen LogP contribution in [0.4, 0.5) is 5.82 Å². The standard InChI is InChI=1S/C24H31N5O2/c25-17-29-7-1-2-19-11-21(14-27-23(19)29)20-10-18(12-26-13-20)15-31-16-22(30)28-8-5-24(3-4-24)6-9-28/h10-14H,1-9,15-17,25H2. The first-order chi connectivity index (χ1) is 15.2. The molecule has 4 heterocycles. The van der Waals surface area contributed by atoms with Crippen molar-refractivity contribution < 1.29 is 9.53 Å². The lowest BCUT2D eigenvalue weighted by Gasteiger charge is -2.32. The van der Waals surface area contributed by atoms with E-state index < -0.39 is 0 Å². The van der Waals surface area contributed by atoms with Gasteiger partial charge in [0.05, 0.1) is 13.3 Å². The molecule has 31 heavy (non-hydrogen) atoms. The SMILES string of the molecule is NCN1CCCc2cc(-c3cncc(COCC(=O)N4CCC5(CC4)CC5)c3)cnc21. The fourth-order valence-electron chi connectivity index (χ4n) is 4.85. The summed E-state index contributed by atoms with van der Waals surface area (Å²) in [5.74, 6) is 1.09. The van der Waals surface area contributed by atoms with Crippen molar-refractivity contribution in [2.75, 3.05) is 37.8 Å². The molecule has 1 spiro atoms. The van der Waals surface area contributed by atoms with Crippen molar-refractivity contribution in [3.05, 3.63) is 41.9 Å². The Morgan fingerprint density at radius 2 is 1.87 bits per heavy atom. The van der Waals surface area contributed by atoms with Gasteiger partial charge in [-0.05, 0) is 67.2 Å². The molecule has 1 amide bonds. The second-order valence-corrected chi connectivity index (χ2v) is 9.21. The van der Waals surface area contributed by atoms with E-state index in [4.69, 9.17) is 10.5 Å². The number of carbonyl (C=O) groups is 1. The van der Waals surface area contributed by atoms with E-state index in [0.29, 0.717) is 18.7 Å². The van der Waals surface area contributed by atoms with E-state index in [-0.39, 0.29) is 12.5 Å². The van der Waals surface area contributed by atoms with Crippen LogP contribution in [-0.4, -0.2) is 53.7 Å². The van der Waals surface area contributed by atoms with Crippen molar-refractivity contribution in [2.45, 2.75) is 45.1 Å². The highest BCUT2D eigenvalue weighted by molar-refractivity contribution is 5.77. The third-order valence-electron chi connectivity index (χ3n) is 7.09. The molecule has 3 aliphatic rings. The second kappa shape index (κ2) is 8.55. The van der Waals surface area contributed by atoms with Crippen molar-refractivity contribution in [3.63, 3.8) is 0 Å². The molecule has 0 radical (unpaired) electrons. The number of amides is 1. The maximum absolute atomic E-state index is 12.5. The van der Waals surface area contributed by atoms with Gasteiger partial charge in [-0.15, -0.1) is 0 Å². The number of hydrogen-bond donors (Lipinski definition) is 1. The van der Waals surface area contributed by atoms with Gasteiger partial charge in [-0.25, -0.2) is 4.98 Å². The fraction of sp³-hybridized carbons (Fsp3) is 0.542. The van der Waals surface area contributed by atoms with E-state index in [9.17, 15) is 4.79 Å². The monoisotopic (exact) mass is 421 g/mol. The van der Waals surface area contributed by atoms with Gasteiger partial charge in [-0.1, -0.05) is 0 Å². The molecule has 0 bridgehead atoms. The molecule has 0 atom stereocenters. The summed E-state index contributed by atoms with van der Waals surface area (Å²) in [5.41, 5.74) is 10.7. The van der Waals surface area contributed by atoms with Gasteiger partial charge in [0.1, 0.15) is 12.4 Å². The van der Waals surface area contributed by atoms with Crippen LogP contribution in [0.2, 0.25) is 0 Å². The zero-order chi connectivity index (χ0) is 21.3. The minimum Gasteiger partial charge on any atom is -0.367 e. The molecular formula is C24H31N5O2. The Morgan fingerprint density at radius 1 is 1.06 bits per heavy atom. The summed E-state index contributed by atoms with van der Waals surface area (Å²) < 4.78 is 5.74. The van der Waals surface area contributed by atoms with Crippen LogP contribution < -0.4 is 10.6 Å². The molecule has 2 aliphatic heterocycles. The molecule has 2 fully saturated rings. The lowest BCUT2D eigenvalue weighted by Crippen LogP contribution is -2.40. The maximum Gasteiger partial charge on any atom is 0.248 e. The maximum atomic E-state index is 12.5. The average molecular weight is 422 g/mol. The Balaban J connectivity index is 1.18. The van der Waals surface area contributed by atoms with E-state index in [1.807, 2.05) is 17.3 Å². The summed E-state index contributed by atoms with van der Waals surface area (Å²) in [6.45, 7) is 3.72. The average Bonchev–Trinajstić information content (AvgIpc) is 3.57. The highest BCUT2D eigenvalue weighted by Gasteiger charge is 2.44. The van der Waals surface area contributed by atoms with Gasteiger partial charge in [0.15, 0.2) is 0 Å². The number of aryl methyl sites for hydroxylation is 1. The zero-order valence-corrected chi connectivity index (χ0v) is 18.1. The molecule has 7 heteroatoms. The molecule has 1 saturated heterocycles. The minimum atomic E-state index is 0.1000. The van der Waals surface area contributed by atoms with Crippen molar-refractivity contribution in [1.29, 1.82) is 0 Å². The number of likely N-dealkylation sites (tertiary alicyclic amines) is 1. The fourth-order valence-corrected chi connectivity index (χ4v) is 4.85. The third-order valence-corrected chi connectivity index (χ3v) is 7.09. The van der Waals surface area contributed by atoms with Crippen LogP contribution in [0.3, 0.4) is 0 Å². The largest absolute Gasteiger partial charge is 0.367 e. The number of aromatic nitrogens is 2. The Labute approximate surface area is 183 Å². The number of ether oxygens (including phenoxy) is 1. The summed E-state index contributed by atoms with van der Waals surface area (Å²) in [6.07, 6.45) is 12.7. The van der Waals surface area contributed by atoms with Crippen LogP contribution in [0.25, 0.3) is 11.1 Å². The molecule has 164 valence electrons. The van der Waals surface area contributed by atoms with Gasteiger partial charge in [-0.3, -0.25) is 9.78 Å². The molecule has 5 rings (SSSR count). The van der Waals surface area contributed by atoms with Crippen LogP contribution in [0, 0.1) is 5.41 Å². The molecule has 1 aliphatic carbocycles. The smallest absolute Gasteiger partial charge is 0.248 e. The molecule has 7 nitrogen and oxygen atoms in total. The number of fused-ring (bicyclic) bond motifs is 1. The Kier molecular flexibility index (Phi) is 5.63. The summed E-state index contributed by atoms with van der Waals surface area (Å²) in [5, 5.41) is 0. The van der Waals surface area contributed by atoms with E-state index in [1.165, 1.54) is 18.4 Å². The highest BCUT2D eigenvalue weighted by atomic mass is 16.5. The Morgan fingerprint density at radius 3 is 2.65 bits per heavy atom. The Bertz CT molecular complexity index is 949. The van der Waals surface area contributed by atoms with Gasteiger partial charge in [0, 0.05) is 49.4 Å². The highest BCUT2D eigenvalue weighted by Crippen LogP contribution is 2.53. The number of hydrogen-bond acceptors (Lipinski definition) is 6. The number of rotatable bonds is 6. The number of carbonyl (C=O) groups excluding carboxylic acids is 1. The van der Waals surface area contributed by atoms with E-state index in [2.05, 4.69) is 27.0 Å². The van der Waals surface area contributed by atoms with Crippen molar-refractivity contribution in [3.8, 4) is 11.1 Å². The third kappa shape index (κ3) is 4.43. The van der Waals surface area contributed by atoms with Crippen LogP contribution in [0.5, 0.6) is 0 Å². The van der Waals surface area contributed by atoms with Crippen LogP contribution in [0.1, 0.15) is 43.2 Å². The number of anilines is 1. The summed E-state index contributed by atoms with van der Waals surface area (Å²) in [7, 11) is 0. The topological polar surface area (TPSA) is 84.6 Å². The molecule has 0 unspecified atom stereocenters. The van der Waals surface area contributed by atoms with Crippen molar-refractivity contribution in [1.82, 2.24) is 14.9 Å². The minimum absolute atomic E-state index is 0.1000. The quantitative estimate of drug-likeness (QED) is 0.772. The number of piperidine rings is 1. The predicted octanol–water partition coefficient (Wildman–Crippen LogP) is 2.73. The lowest BCUT2D eigenvalue weighted by atomic mass is 9.94. The summed E-state index contributed by atoms with van der Waals surface area (Å²) in [6, 6.07) is 4.26.